The SMILES string of the molecule is CCCC(NS(=O)(=O)c1c(C)noc1C)C(N)=S. The predicted molar refractivity (Wildman–Crippen MR) is 71.8 cm³/mol. The van der Waals surface area contributed by atoms with Gasteiger partial charge in [0.05, 0.1) is 11.0 Å². The van der Waals surface area contributed by atoms with E-state index < -0.39 is 16.1 Å². The molecular weight excluding hydrogens is 274 g/mol. The molecule has 0 aliphatic rings. The molecule has 0 spiro atoms. The second-order valence-corrected chi connectivity index (χ2v) is 6.14. The normalized spacial score (nSPS) is 13.5. The first kappa shape index (κ1) is 15.1. The number of nitrogens with zero attached hydrogens (tertiary/aromatic N) is 1. The minimum Gasteiger partial charge on any atom is -0.392 e. The van der Waals surface area contributed by atoms with Crippen LogP contribution in [-0.2, 0) is 10.0 Å². The van der Waals surface area contributed by atoms with E-state index in [1.165, 1.54) is 0 Å². The number of aryl methyl sites for hydroxylation is 2. The lowest BCUT2D eigenvalue weighted by molar-refractivity contribution is 0.390. The summed E-state index contributed by atoms with van der Waals surface area (Å²) in [4.78, 5) is 0.187. The minimum absolute atomic E-state index is 0.0554. The molecule has 8 heteroatoms. The van der Waals surface area contributed by atoms with Crippen LogP contribution in [0.4, 0.5) is 0 Å². The molecule has 0 bridgehead atoms. The molecule has 0 saturated heterocycles. The molecule has 0 aromatic carbocycles. The standard InChI is InChI=1S/C10H17N3O3S2/c1-4-5-8(10(11)17)13-18(14,15)9-6(2)12-16-7(9)3/h8,13H,4-5H2,1-3H3,(H2,11,17). The molecule has 3 N–H and O–H groups in total. The van der Waals surface area contributed by atoms with Crippen LogP contribution in [0.15, 0.2) is 9.42 Å². The number of aromatic nitrogens is 1. The Hall–Kier alpha value is -0.990. The maximum Gasteiger partial charge on any atom is 0.246 e. The molecule has 0 amide bonds. The number of nitrogens with one attached hydrogen (secondary N) is 1. The fourth-order valence-electron chi connectivity index (χ4n) is 1.65. The van der Waals surface area contributed by atoms with Crippen molar-refractivity contribution in [3.8, 4) is 0 Å². The summed E-state index contributed by atoms with van der Waals surface area (Å²) in [5, 5.41) is 3.62. The van der Waals surface area contributed by atoms with Gasteiger partial charge in [-0.25, -0.2) is 13.1 Å². The fraction of sp³-hybridized carbons (Fsp3) is 0.600. The molecule has 1 atom stereocenters. The highest BCUT2D eigenvalue weighted by Crippen LogP contribution is 2.19. The van der Waals surface area contributed by atoms with Crippen molar-refractivity contribution in [1.29, 1.82) is 0 Å². The van der Waals surface area contributed by atoms with E-state index in [-0.39, 0.29) is 15.6 Å². The molecule has 1 aromatic rings. The zero-order valence-corrected chi connectivity index (χ0v) is 12.2. The van der Waals surface area contributed by atoms with Gasteiger partial charge in [0.2, 0.25) is 10.0 Å². The van der Waals surface area contributed by atoms with Crippen LogP contribution in [0.3, 0.4) is 0 Å². The number of nitrogens with two attached hydrogens (primary N) is 1. The van der Waals surface area contributed by atoms with Crippen LogP contribution in [0.2, 0.25) is 0 Å². The Kier molecular flexibility index (Phi) is 4.83. The summed E-state index contributed by atoms with van der Waals surface area (Å²) in [7, 11) is -3.72. The summed E-state index contributed by atoms with van der Waals surface area (Å²) in [6.45, 7) is 5.04. The molecule has 102 valence electrons. The summed E-state index contributed by atoms with van der Waals surface area (Å²) in [6, 6.07) is -0.552. The number of hydrogen-bond donors (Lipinski definition) is 2. The van der Waals surface area contributed by atoms with E-state index in [0.717, 1.165) is 6.42 Å². The largest absolute Gasteiger partial charge is 0.392 e. The van der Waals surface area contributed by atoms with Gasteiger partial charge in [0.25, 0.3) is 0 Å². The Morgan fingerprint density at radius 1 is 1.56 bits per heavy atom. The summed E-state index contributed by atoms with van der Waals surface area (Å²) < 4.78 is 31.7. The lowest BCUT2D eigenvalue weighted by Crippen LogP contribution is -2.43. The van der Waals surface area contributed by atoms with Gasteiger partial charge in [-0.15, -0.1) is 0 Å². The van der Waals surface area contributed by atoms with E-state index in [4.69, 9.17) is 22.5 Å². The molecule has 18 heavy (non-hydrogen) atoms. The van der Waals surface area contributed by atoms with Crippen molar-refractivity contribution in [2.75, 3.05) is 0 Å². The highest BCUT2D eigenvalue weighted by atomic mass is 32.2. The molecule has 0 radical (unpaired) electrons. The van der Waals surface area contributed by atoms with Gasteiger partial charge < -0.3 is 10.3 Å². The molecule has 1 heterocycles. The zero-order chi connectivity index (χ0) is 13.9. The molecule has 1 unspecified atom stereocenters. The molecule has 0 saturated carbocycles. The Labute approximate surface area is 112 Å². The lowest BCUT2D eigenvalue weighted by Gasteiger charge is -2.16. The number of thiocarbonyl (C=S) groups is 1. The van der Waals surface area contributed by atoms with Gasteiger partial charge in [-0.3, -0.25) is 0 Å². The van der Waals surface area contributed by atoms with Gasteiger partial charge in [0.15, 0.2) is 5.76 Å². The van der Waals surface area contributed by atoms with Crippen LogP contribution in [0.25, 0.3) is 0 Å². The second kappa shape index (κ2) is 5.77. The Balaban J connectivity index is 3.05. The molecule has 1 rings (SSSR count). The average molecular weight is 291 g/mol. The van der Waals surface area contributed by atoms with Crippen LogP contribution in [0.5, 0.6) is 0 Å². The first-order chi connectivity index (χ1) is 8.29. The minimum atomic E-state index is -3.72. The van der Waals surface area contributed by atoms with Crippen molar-refractivity contribution in [3.63, 3.8) is 0 Å². The number of hydrogen-bond acceptors (Lipinski definition) is 5. The van der Waals surface area contributed by atoms with Crippen molar-refractivity contribution >= 4 is 27.2 Å². The summed E-state index contributed by atoms with van der Waals surface area (Å²) >= 11 is 4.86. The summed E-state index contributed by atoms with van der Waals surface area (Å²) in [5.41, 5.74) is 5.84. The second-order valence-electron chi connectivity index (χ2n) is 4.02. The van der Waals surface area contributed by atoms with Crippen molar-refractivity contribution < 1.29 is 12.9 Å². The van der Waals surface area contributed by atoms with Gasteiger partial charge in [-0.1, -0.05) is 30.7 Å². The lowest BCUT2D eigenvalue weighted by atomic mass is 10.2. The molecule has 0 aliphatic carbocycles. The van der Waals surface area contributed by atoms with E-state index in [1.807, 2.05) is 6.92 Å². The zero-order valence-electron chi connectivity index (χ0n) is 10.6. The third-order valence-electron chi connectivity index (χ3n) is 2.45. The third-order valence-corrected chi connectivity index (χ3v) is 4.45. The Morgan fingerprint density at radius 2 is 2.17 bits per heavy atom. The maximum atomic E-state index is 12.2. The van der Waals surface area contributed by atoms with Crippen molar-refractivity contribution in [1.82, 2.24) is 9.88 Å². The van der Waals surface area contributed by atoms with Crippen LogP contribution in [0, 0.1) is 13.8 Å². The van der Waals surface area contributed by atoms with Gasteiger partial charge >= 0.3 is 0 Å². The van der Waals surface area contributed by atoms with Crippen molar-refractivity contribution in [2.45, 2.75) is 44.6 Å². The van der Waals surface area contributed by atoms with Gasteiger partial charge in [0.1, 0.15) is 10.6 Å². The summed E-state index contributed by atoms with van der Waals surface area (Å²) in [6.07, 6.45) is 1.32. The van der Waals surface area contributed by atoms with Crippen LogP contribution in [0.1, 0.15) is 31.2 Å². The third kappa shape index (κ3) is 3.27. The highest BCUT2D eigenvalue weighted by Gasteiger charge is 2.27. The average Bonchev–Trinajstić information content (AvgIpc) is 2.58. The first-order valence-electron chi connectivity index (χ1n) is 5.54. The Morgan fingerprint density at radius 3 is 2.56 bits per heavy atom. The first-order valence-corrected chi connectivity index (χ1v) is 7.43. The van der Waals surface area contributed by atoms with Crippen LogP contribution < -0.4 is 10.5 Å². The number of rotatable bonds is 6. The molecule has 0 aliphatic heterocycles. The highest BCUT2D eigenvalue weighted by molar-refractivity contribution is 7.89. The monoisotopic (exact) mass is 291 g/mol. The summed E-state index contributed by atoms with van der Waals surface area (Å²) in [5.74, 6) is 0.248. The van der Waals surface area contributed by atoms with E-state index in [2.05, 4.69) is 9.88 Å². The molecule has 6 nitrogen and oxygen atoms in total. The number of sulfonamides is 1. The van der Waals surface area contributed by atoms with Crippen molar-refractivity contribution in [3.05, 3.63) is 11.5 Å². The molecular formula is C10H17N3O3S2. The van der Waals surface area contributed by atoms with E-state index in [0.29, 0.717) is 12.1 Å². The Bertz CT molecular complexity index is 517. The van der Waals surface area contributed by atoms with Crippen LogP contribution >= 0.6 is 12.2 Å². The molecule has 0 fully saturated rings. The van der Waals surface area contributed by atoms with Gasteiger partial charge in [-0.2, -0.15) is 0 Å². The van der Waals surface area contributed by atoms with Crippen LogP contribution in [-0.4, -0.2) is 24.6 Å². The van der Waals surface area contributed by atoms with Crippen molar-refractivity contribution in [2.24, 2.45) is 5.73 Å². The van der Waals surface area contributed by atoms with Gasteiger partial charge in [0, 0.05) is 0 Å². The predicted octanol–water partition coefficient (Wildman–Crippen LogP) is 1.02. The smallest absolute Gasteiger partial charge is 0.246 e. The van der Waals surface area contributed by atoms with E-state index in [1.54, 1.807) is 13.8 Å². The quantitative estimate of drug-likeness (QED) is 0.759. The van der Waals surface area contributed by atoms with E-state index in [9.17, 15) is 8.42 Å². The maximum absolute atomic E-state index is 12.2. The topological polar surface area (TPSA) is 98.2 Å². The van der Waals surface area contributed by atoms with Gasteiger partial charge in [-0.05, 0) is 20.3 Å². The molecule has 1 aromatic heterocycles. The van der Waals surface area contributed by atoms with E-state index >= 15 is 0 Å². The fourth-order valence-corrected chi connectivity index (χ4v) is 3.48.